The Kier molecular flexibility index (Phi) is 4.97. The molecule has 1 N–H and O–H groups in total. The molecular formula is C16H27FN2. The van der Waals surface area contributed by atoms with Gasteiger partial charge in [-0.2, -0.15) is 0 Å². The van der Waals surface area contributed by atoms with Gasteiger partial charge in [-0.3, -0.25) is 0 Å². The summed E-state index contributed by atoms with van der Waals surface area (Å²) in [7, 11) is 3.97. The van der Waals surface area contributed by atoms with Gasteiger partial charge in [-0.1, -0.05) is 20.8 Å². The molecule has 0 spiro atoms. The second-order valence-corrected chi connectivity index (χ2v) is 6.59. The Morgan fingerprint density at radius 2 is 1.89 bits per heavy atom. The average molecular weight is 266 g/mol. The number of halogens is 1. The van der Waals surface area contributed by atoms with E-state index in [-0.39, 0.29) is 17.3 Å². The van der Waals surface area contributed by atoms with Crippen molar-refractivity contribution in [1.82, 2.24) is 5.32 Å². The van der Waals surface area contributed by atoms with Gasteiger partial charge in [-0.25, -0.2) is 4.39 Å². The van der Waals surface area contributed by atoms with Crippen molar-refractivity contribution >= 4 is 5.69 Å². The number of nitrogens with one attached hydrogen (secondary N) is 1. The largest absolute Gasteiger partial charge is 0.374 e. The molecule has 0 saturated heterocycles. The summed E-state index contributed by atoms with van der Waals surface area (Å²) in [6, 6.07) is 3.74. The van der Waals surface area contributed by atoms with Crippen molar-refractivity contribution in [3.05, 3.63) is 29.1 Å². The quantitative estimate of drug-likeness (QED) is 0.889. The maximum atomic E-state index is 13.8. The van der Waals surface area contributed by atoms with E-state index in [0.29, 0.717) is 5.56 Å². The molecule has 0 radical (unpaired) electrons. The van der Waals surface area contributed by atoms with Crippen molar-refractivity contribution < 1.29 is 4.39 Å². The second-order valence-electron chi connectivity index (χ2n) is 6.59. The van der Waals surface area contributed by atoms with E-state index in [1.807, 2.05) is 20.0 Å². The minimum absolute atomic E-state index is 0.132. The second kappa shape index (κ2) is 5.91. The highest BCUT2D eigenvalue weighted by molar-refractivity contribution is 5.56. The van der Waals surface area contributed by atoms with Crippen LogP contribution in [-0.2, 0) is 0 Å². The summed E-state index contributed by atoms with van der Waals surface area (Å²) < 4.78 is 13.8. The molecule has 0 fully saturated rings. The lowest BCUT2D eigenvalue weighted by Gasteiger charge is -2.31. The molecule has 108 valence electrons. The Balaban J connectivity index is 3.20. The predicted octanol–water partition coefficient (Wildman–Crippen LogP) is 3.90. The zero-order valence-corrected chi connectivity index (χ0v) is 13.3. The smallest absolute Gasteiger partial charge is 0.126 e. The van der Waals surface area contributed by atoms with Crippen molar-refractivity contribution in [2.75, 3.05) is 25.5 Å². The van der Waals surface area contributed by atoms with Gasteiger partial charge < -0.3 is 10.2 Å². The molecule has 0 bridgehead atoms. The van der Waals surface area contributed by atoms with Crippen LogP contribution in [0.4, 0.5) is 10.1 Å². The summed E-state index contributed by atoms with van der Waals surface area (Å²) >= 11 is 0. The highest BCUT2D eigenvalue weighted by atomic mass is 19.1. The van der Waals surface area contributed by atoms with E-state index in [1.165, 1.54) is 0 Å². The van der Waals surface area contributed by atoms with E-state index in [2.05, 4.69) is 45.0 Å². The van der Waals surface area contributed by atoms with Gasteiger partial charge in [0.15, 0.2) is 0 Å². The van der Waals surface area contributed by atoms with Crippen LogP contribution >= 0.6 is 0 Å². The van der Waals surface area contributed by atoms with Crippen LogP contribution in [0.1, 0.15) is 44.9 Å². The zero-order chi connectivity index (χ0) is 14.8. The standard InChI is InChI=1S/C16H27FN2/c1-11-8-15(19(7)10-16(3,4)5)13(9-14(11)17)12(2)18-6/h8-9,12,18H,10H2,1-7H3. The van der Waals surface area contributed by atoms with E-state index in [4.69, 9.17) is 0 Å². The Labute approximate surface area is 117 Å². The number of rotatable bonds is 4. The first-order valence-corrected chi connectivity index (χ1v) is 6.84. The number of aryl methyl sites for hydroxylation is 1. The molecule has 1 rings (SSSR count). The molecule has 0 aromatic heterocycles. The highest BCUT2D eigenvalue weighted by Crippen LogP contribution is 2.30. The molecule has 0 heterocycles. The third kappa shape index (κ3) is 4.20. The minimum Gasteiger partial charge on any atom is -0.374 e. The van der Waals surface area contributed by atoms with Gasteiger partial charge in [0.1, 0.15) is 5.82 Å². The summed E-state index contributed by atoms with van der Waals surface area (Å²) in [5.41, 5.74) is 3.02. The molecule has 1 aromatic carbocycles. The molecular weight excluding hydrogens is 239 g/mol. The van der Waals surface area contributed by atoms with Crippen LogP contribution in [0.5, 0.6) is 0 Å². The minimum atomic E-state index is -0.134. The molecule has 0 aliphatic heterocycles. The predicted molar refractivity (Wildman–Crippen MR) is 81.3 cm³/mol. The SMILES string of the molecule is CNC(C)c1cc(F)c(C)cc1N(C)CC(C)(C)C. The van der Waals surface area contributed by atoms with Crippen molar-refractivity contribution in [2.24, 2.45) is 5.41 Å². The third-order valence-electron chi connectivity index (χ3n) is 3.33. The normalized spacial score (nSPS) is 13.5. The van der Waals surface area contributed by atoms with Gasteiger partial charge in [-0.15, -0.1) is 0 Å². The molecule has 1 unspecified atom stereocenters. The van der Waals surface area contributed by atoms with Gasteiger partial charge in [0, 0.05) is 25.3 Å². The van der Waals surface area contributed by atoms with E-state index in [0.717, 1.165) is 17.8 Å². The van der Waals surface area contributed by atoms with Crippen molar-refractivity contribution in [3.63, 3.8) is 0 Å². The maximum absolute atomic E-state index is 13.8. The van der Waals surface area contributed by atoms with Gasteiger partial charge in [0.25, 0.3) is 0 Å². The Morgan fingerprint density at radius 1 is 1.32 bits per heavy atom. The van der Waals surface area contributed by atoms with Gasteiger partial charge in [-0.05, 0) is 49.6 Å². The lowest BCUT2D eigenvalue weighted by Crippen LogP contribution is -2.30. The van der Waals surface area contributed by atoms with Gasteiger partial charge in [0.05, 0.1) is 0 Å². The van der Waals surface area contributed by atoms with Crippen LogP contribution in [-0.4, -0.2) is 20.6 Å². The summed E-state index contributed by atoms with van der Waals surface area (Å²) in [5, 5.41) is 3.19. The van der Waals surface area contributed by atoms with E-state index in [9.17, 15) is 4.39 Å². The summed E-state index contributed by atoms with van der Waals surface area (Å²) in [6.45, 7) is 11.4. The molecule has 0 amide bonds. The number of nitrogens with zero attached hydrogens (tertiary/aromatic N) is 1. The molecule has 0 aliphatic carbocycles. The fourth-order valence-corrected chi connectivity index (χ4v) is 2.31. The van der Waals surface area contributed by atoms with Gasteiger partial charge in [0.2, 0.25) is 0 Å². The number of benzene rings is 1. The van der Waals surface area contributed by atoms with E-state index >= 15 is 0 Å². The average Bonchev–Trinajstić information content (AvgIpc) is 2.28. The van der Waals surface area contributed by atoms with Crippen LogP contribution in [0.15, 0.2) is 12.1 Å². The zero-order valence-electron chi connectivity index (χ0n) is 13.3. The van der Waals surface area contributed by atoms with Gasteiger partial charge >= 0.3 is 0 Å². The topological polar surface area (TPSA) is 15.3 Å². The maximum Gasteiger partial charge on any atom is 0.126 e. The van der Waals surface area contributed by atoms with Crippen LogP contribution in [0.3, 0.4) is 0 Å². The Morgan fingerprint density at radius 3 is 2.37 bits per heavy atom. The summed E-state index contributed by atoms with van der Waals surface area (Å²) in [4.78, 5) is 2.22. The first kappa shape index (κ1) is 16.0. The number of hydrogen-bond acceptors (Lipinski definition) is 2. The van der Waals surface area contributed by atoms with Crippen LogP contribution in [0.25, 0.3) is 0 Å². The third-order valence-corrected chi connectivity index (χ3v) is 3.33. The molecule has 1 aromatic rings. The molecule has 3 heteroatoms. The van der Waals surface area contributed by atoms with Crippen LogP contribution in [0, 0.1) is 18.2 Å². The van der Waals surface area contributed by atoms with E-state index < -0.39 is 0 Å². The number of anilines is 1. The summed E-state index contributed by atoms with van der Waals surface area (Å²) in [5.74, 6) is -0.134. The Hall–Kier alpha value is -1.09. The highest BCUT2D eigenvalue weighted by Gasteiger charge is 2.19. The number of hydrogen-bond donors (Lipinski definition) is 1. The fraction of sp³-hybridized carbons (Fsp3) is 0.625. The monoisotopic (exact) mass is 266 g/mol. The van der Waals surface area contributed by atoms with Crippen molar-refractivity contribution in [1.29, 1.82) is 0 Å². The molecule has 2 nitrogen and oxygen atoms in total. The van der Waals surface area contributed by atoms with Crippen LogP contribution in [0.2, 0.25) is 0 Å². The lowest BCUT2D eigenvalue weighted by molar-refractivity contribution is 0.418. The Bertz CT molecular complexity index is 435. The van der Waals surface area contributed by atoms with Crippen molar-refractivity contribution in [3.8, 4) is 0 Å². The van der Waals surface area contributed by atoms with Crippen LogP contribution < -0.4 is 10.2 Å². The van der Waals surface area contributed by atoms with Crippen molar-refractivity contribution in [2.45, 2.75) is 40.7 Å². The molecule has 0 aliphatic rings. The van der Waals surface area contributed by atoms with E-state index in [1.54, 1.807) is 6.07 Å². The summed E-state index contributed by atoms with van der Waals surface area (Å²) in [6.07, 6.45) is 0. The fourth-order valence-electron chi connectivity index (χ4n) is 2.31. The first-order valence-electron chi connectivity index (χ1n) is 6.84. The molecule has 0 saturated carbocycles. The molecule has 19 heavy (non-hydrogen) atoms. The molecule has 1 atom stereocenters. The lowest BCUT2D eigenvalue weighted by atomic mass is 9.95. The first-order chi connectivity index (χ1) is 8.65.